The molecule has 2 aromatic carbocycles. The lowest BCUT2D eigenvalue weighted by Crippen LogP contribution is -1.87. The molecule has 0 N–H and O–H groups in total. The van der Waals surface area contributed by atoms with E-state index in [1.807, 2.05) is 29.5 Å². The van der Waals surface area contributed by atoms with E-state index in [2.05, 4.69) is 31.2 Å². The van der Waals surface area contributed by atoms with Crippen molar-refractivity contribution in [2.45, 2.75) is 19.8 Å². The molecule has 0 saturated heterocycles. The SMILES string of the molecule is CCCc1c(-c2ccc(OC)cc2)sc2ccc(OC)cc12. The maximum absolute atomic E-state index is 5.39. The van der Waals surface area contributed by atoms with Gasteiger partial charge in [0.05, 0.1) is 14.2 Å². The smallest absolute Gasteiger partial charge is 0.119 e. The molecule has 3 rings (SSSR count). The Morgan fingerprint density at radius 3 is 2.23 bits per heavy atom. The molecule has 0 spiro atoms. The van der Waals surface area contributed by atoms with Crippen LogP contribution in [0.1, 0.15) is 18.9 Å². The van der Waals surface area contributed by atoms with E-state index in [9.17, 15) is 0 Å². The fourth-order valence-electron chi connectivity index (χ4n) is 2.73. The van der Waals surface area contributed by atoms with Crippen LogP contribution in [0.2, 0.25) is 0 Å². The predicted molar refractivity (Wildman–Crippen MR) is 94.4 cm³/mol. The highest BCUT2D eigenvalue weighted by Crippen LogP contribution is 2.41. The van der Waals surface area contributed by atoms with Crippen LogP contribution in [-0.2, 0) is 6.42 Å². The summed E-state index contributed by atoms with van der Waals surface area (Å²) in [5.74, 6) is 1.81. The van der Waals surface area contributed by atoms with Crippen LogP contribution in [-0.4, -0.2) is 14.2 Å². The highest BCUT2D eigenvalue weighted by Gasteiger charge is 2.14. The van der Waals surface area contributed by atoms with E-state index >= 15 is 0 Å². The number of hydrogen-bond acceptors (Lipinski definition) is 3. The first kappa shape index (κ1) is 14.9. The van der Waals surface area contributed by atoms with E-state index in [-0.39, 0.29) is 0 Å². The number of fused-ring (bicyclic) bond motifs is 1. The molecule has 0 unspecified atom stereocenters. The van der Waals surface area contributed by atoms with Crippen LogP contribution in [0.3, 0.4) is 0 Å². The quantitative estimate of drug-likeness (QED) is 0.616. The second-order valence-electron chi connectivity index (χ2n) is 5.25. The van der Waals surface area contributed by atoms with E-state index in [1.165, 1.54) is 26.1 Å². The Kier molecular flexibility index (Phi) is 4.34. The van der Waals surface area contributed by atoms with Gasteiger partial charge in [-0.15, -0.1) is 11.3 Å². The summed E-state index contributed by atoms with van der Waals surface area (Å²) in [6.45, 7) is 2.22. The second kappa shape index (κ2) is 6.41. The number of methoxy groups -OCH3 is 2. The average Bonchev–Trinajstić information content (AvgIpc) is 2.93. The molecule has 3 heteroatoms. The lowest BCUT2D eigenvalue weighted by atomic mass is 10.0. The van der Waals surface area contributed by atoms with Gasteiger partial charge in [0.1, 0.15) is 11.5 Å². The van der Waals surface area contributed by atoms with Crippen LogP contribution < -0.4 is 9.47 Å². The molecule has 0 aliphatic carbocycles. The van der Waals surface area contributed by atoms with E-state index in [1.54, 1.807) is 14.2 Å². The van der Waals surface area contributed by atoms with E-state index in [4.69, 9.17) is 9.47 Å². The highest BCUT2D eigenvalue weighted by atomic mass is 32.1. The number of hydrogen-bond donors (Lipinski definition) is 0. The maximum atomic E-state index is 5.39. The minimum Gasteiger partial charge on any atom is -0.497 e. The molecule has 0 bridgehead atoms. The van der Waals surface area contributed by atoms with Crippen molar-refractivity contribution in [3.63, 3.8) is 0 Å². The van der Waals surface area contributed by atoms with Gasteiger partial charge in [0, 0.05) is 9.58 Å². The van der Waals surface area contributed by atoms with E-state index in [0.717, 1.165) is 24.3 Å². The van der Waals surface area contributed by atoms with Gasteiger partial charge in [-0.05, 0) is 65.4 Å². The molecule has 0 radical (unpaired) electrons. The molecule has 2 nitrogen and oxygen atoms in total. The minimum absolute atomic E-state index is 0.892. The Hall–Kier alpha value is -2.00. The lowest BCUT2D eigenvalue weighted by Gasteiger charge is -2.06. The fourth-order valence-corrected chi connectivity index (χ4v) is 3.97. The van der Waals surface area contributed by atoms with Gasteiger partial charge in [-0.25, -0.2) is 0 Å². The highest BCUT2D eigenvalue weighted by molar-refractivity contribution is 7.22. The zero-order valence-electron chi connectivity index (χ0n) is 13.2. The van der Waals surface area contributed by atoms with Crippen molar-refractivity contribution in [3.8, 4) is 21.9 Å². The summed E-state index contributed by atoms with van der Waals surface area (Å²) in [7, 11) is 3.42. The average molecular weight is 312 g/mol. The van der Waals surface area contributed by atoms with Gasteiger partial charge < -0.3 is 9.47 Å². The number of ether oxygens (including phenoxy) is 2. The third kappa shape index (κ3) is 2.69. The number of rotatable bonds is 5. The number of benzene rings is 2. The van der Waals surface area contributed by atoms with Crippen LogP contribution in [0.25, 0.3) is 20.5 Å². The topological polar surface area (TPSA) is 18.5 Å². The summed E-state index contributed by atoms with van der Waals surface area (Å²) in [5, 5.41) is 1.32. The Balaban J connectivity index is 2.16. The van der Waals surface area contributed by atoms with Gasteiger partial charge in [0.2, 0.25) is 0 Å². The predicted octanol–water partition coefficient (Wildman–Crippen LogP) is 5.54. The molecular weight excluding hydrogens is 292 g/mol. The molecule has 3 aromatic rings. The molecule has 0 aliphatic rings. The van der Waals surface area contributed by atoms with Gasteiger partial charge in [0.15, 0.2) is 0 Å². The van der Waals surface area contributed by atoms with Crippen molar-refractivity contribution in [2.24, 2.45) is 0 Å². The van der Waals surface area contributed by atoms with Gasteiger partial charge in [-0.2, -0.15) is 0 Å². The Bertz CT molecular complexity index is 772. The van der Waals surface area contributed by atoms with Crippen LogP contribution in [0.5, 0.6) is 11.5 Å². The first-order valence-corrected chi connectivity index (χ1v) is 8.32. The third-order valence-corrected chi connectivity index (χ3v) is 5.11. The molecule has 0 saturated carbocycles. The lowest BCUT2D eigenvalue weighted by molar-refractivity contribution is 0.415. The molecule has 0 atom stereocenters. The number of aryl methyl sites for hydroxylation is 1. The van der Waals surface area contributed by atoms with Crippen molar-refractivity contribution >= 4 is 21.4 Å². The van der Waals surface area contributed by atoms with E-state index < -0.39 is 0 Å². The Labute approximate surface area is 135 Å². The summed E-state index contributed by atoms with van der Waals surface area (Å²) >= 11 is 1.85. The third-order valence-electron chi connectivity index (χ3n) is 3.85. The monoisotopic (exact) mass is 312 g/mol. The van der Waals surface area contributed by atoms with Gasteiger partial charge in [-0.3, -0.25) is 0 Å². The van der Waals surface area contributed by atoms with Crippen molar-refractivity contribution < 1.29 is 9.47 Å². The summed E-state index contributed by atoms with van der Waals surface area (Å²) in [4.78, 5) is 1.35. The standard InChI is InChI=1S/C19H20O2S/c1-4-5-16-17-12-15(21-3)10-11-18(17)22-19(16)13-6-8-14(20-2)9-7-13/h6-12H,4-5H2,1-3H3. The van der Waals surface area contributed by atoms with Crippen molar-refractivity contribution in [1.29, 1.82) is 0 Å². The zero-order chi connectivity index (χ0) is 15.5. The molecule has 0 amide bonds. The maximum Gasteiger partial charge on any atom is 0.119 e. The second-order valence-corrected chi connectivity index (χ2v) is 6.30. The summed E-state index contributed by atoms with van der Waals surface area (Å²) in [5.41, 5.74) is 2.68. The largest absolute Gasteiger partial charge is 0.497 e. The Morgan fingerprint density at radius 1 is 0.909 bits per heavy atom. The minimum atomic E-state index is 0.892. The fraction of sp³-hybridized carbons (Fsp3) is 0.263. The molecular formula is C19H20O2S. The van der Waals surface area contributed by atoms with E-state index in [0.29, 0.717) is 0 Å². The van der Waals surface area contributed by atoms with Crippen molar-refractivity contribution in [3.05, 3.63) is 48.0 Å². The van der Waals surface area contributed by atoms with Crippen LogP contribution in [0, 0.1) is 0 Å². The van der Waals surface area contributed by atoms with Crippen molar-refractivity contribution in [1.82, 2.24) is 0 Å². The molecule has 114 valence electrons. The summed E-state index contributed by atoms with van der Waals surface area (Å²) < 4.78 is 12.0. The molecule has 0 fully saturated rings. The van der Waals surface area contributed by atoms with Gasteiger partial charge in [0.25, 0.3) is 0 Å². The first-order valence-electron chi connectivity index (χ1n) is 7.50. The summed E-state index contributed by atoms with van der Waals surface area (Å²) in [6.07, 6.45) is 2.21. The molecule has 1 aromatic heterocycles. The summed E-state index contributed by atoms with van der Waals surface area (Å²) in [6, 6.07) is 14.7. The van der Waals surface area contributed by atoms with Gasteiger partial charge >= 0.3 is 0 Å². The number of thiophene rings is 1. The van der Waals surface area contributed by atoms with Crippen LogP contribution in [0.15, 0.2) is 42.5 Å². The molecule has 22 heavy (non-hydrogen) atoms. The van der Waals surface area contributed by atoms with Crippen molar-refractivity contribution in [2.75, 3.05) is 14.2 Å². The first-order chi connectivity index (χ1) is 10.8. The zero-order valence-corrected chi connectivity index (χ0v) is 14.0. The molecule has 0 aliphatic heterocycles. The van der Waals surface area contributed by atoms with Crippen LogP contribution >= 0.6 is 11.3 Å². The Morgan fingerprint density at radius 2 is 1.59 bits per heavy atom. The van der Waals surface area contributed by atoms with Gasteiger partial charge in [-0.1, -0.05) is 13.3 Å². The molecule has 1 heterocycles. The normalized spacial score (nSPS) is 10.9. The van der Waals surface area contributed by atoms with Crippen LogP contribution in [0.4, 0.5) is 0 Å².